The number of benzene rings is 2. The molecule has 4 nitrogen and oxygen atoms in total. The highest BCUT2D eigenvalue weighted by molar-refractivity contribution is 8.18. The minimum Gasteiger partial charge on any atom is -0.372 e. The molecule has 2 aromatic carbocycles. The third kappa shape index (κ3) is 4.54. The average molecular weight is 435 g/mol. The second-order valence-corrected chi connectivity index (χ2v) is 8.10. The van der Waals surface area contributed by atoms with Gasteiger partial charge in [-0.05, 0) is 67.1 Å². The van der Waals surface area contributed by atoms with Crippen LogP contribution < -0.4 is 4.90 Å². The van der Waals surface area contributed by atoms with Gasteiger partial charge in [-0.2, -0.15) is 0 Å². The molecular weight excluding hydrogens is 415 g/mol. The smallest absolute Gasteiger partial charge is 0.293 e. The number of anilines is 1. The summed E-state index contributed by atoms with van der Waals surface area (Å²) in [5, 5.41) is 0.639. The lowest BCUT2D eigenvalue weighted by atomic mass is 10.1. The second kappa shape index (κ2) is 9.03. The minimum atomic E-state index is -0.311. The fourth-order valence-electron chi connectivity index (χ4n) is 2.98. The molecule has 0 saturated carbocycles. The van der Waals surface area contributed by atoms with Gasteiger partial charge in [0.25, 0.3) is 11.1 Å². The highest BCUT2D eigenvalue weighted by atomic mass is 35.5. The largest absolute Gasteiger partial charge is 0.372 e. The molecule has 2 aromatic rings. The summed E-state index contributed by atoms with van der Waals surface area (Å²) in [7, 11) is 0. The van der Waals surface area contributed by atoms with Crippen LogP contribution in [0.15, 0.2) is 47.4 Å². The van der Waals surface area contributed by atoms with Crippen LogP contribution >= 0.6 is 35.0 Å². The zero-order chi connectivity index (χ0) is 20.3. The number of hydrogen-bond donors (Lipinski definition) is 0. The Balaban J connectivity index is 1.77. The molecule has 1 fully saturated rings. The van der Waals surface area contributed by atoms with E-state index in [2.05, 4.69) is 18.7 Å². The molecule has 0 spiro atoms. The van der Waals surface area contributed by atoms with Gasteiger partial charge in [0, 0.05) is 28.8 Å². The van der Waals surface area contributed by atoms with Gasteiger partial charge in [0.15, 0.2) is 0 Å². The van der Waals surface area contributed by atoms with E-state index in [0.29, 0.717) is 20.5 Å². The second-order valence-electron chi connectivity index (χ2n) is 6.27. The Hall–Kier alpha value is -1.95. The highest BCUT2D eigenvalue weighted by Crippen LogP contribution is 2.34. The molecule has 1 aliphatic rings. The topological polar surface area (TPSA) is 40.6 Å². The molecule has 3 rings (SSSR count). The number of carbonyl (C=O) groups excluding carboxylic acids is 2. The third-order valence-electron chi connectivity index (χ3n) is 4.54. The van der Waals surface area contributed by atoms with E-state index >= 15 is 0 Å². The normalized spacial score (nSPS) is 15.6. The number of rotatable bonds is 6. The van der Waals surface area contributed by atoms with Crippen LogP contribution in [-0.2, 0) is 11.3 Å². The number of carbonyl (C=O) groups is 2. The monoisotopic (exact) mass is 434 g/mol. The van der Waals surface area contributed by atoms with Crippen LogP contribution in [0.5, 0.6) is 0 Å². The lowest BCUT2D eigenvalue weighted by Crippen LogP contribution is -2.27. The first kappa shape index (κ1) is 20.8. The third-order valence-corrected chi connectivity index (χ3v) is 6.03. The van der Waals surface area contributed by atoms with Gasteiger partial charge >= 0.3 is 0 Å². The Bertz CT molecular complexity index is 925. The predicted octanol–water partition coefficient (Wildman–Crippen LogP) is 6.08. The first-order valence-corrected chi connectivity index (χ1v) is 10.5. The summed E-state index contributed by atoms with van der Waals surface area (Å²) < 4.78 is 0. The van der Waals surface area contributed by atoms with Crippen molar-refractivity contribution in [3.05, 3.63) is 68.5 Å². The predicted molar refractivity (Wildman–Crippen MR) is 118 cm³/mol. The highest BCUT2D eigenvalue weighted by Gasteiger charge is 2.35. The Kier molecular flexibility index (Phi) is 6.70. The van der Waals surface area contributed by atoms with Crippen molar-refractivity contribution in [3.8, 4) is 0 Å². The molecule has 0 aliphatic carbocycles. The van der Waals surface area contributed by atoms with Crippen LogP contribution in [0, 0.1) is 0 Å². The van der Waals surface area contributed by atoms with Crippen LogP contribution in [0.25, 0.3) is 6.08 Å². The summed E-state index contributed by atoms with van der Waals surface area (Å²) in [5.74, 6) is -0.311. The van der Waals surface area contributed by atoms with Gasteiger partial charge in [0.05, 0.1) is 11.4 Å². The van der Waals surface area contributed by atoms with E-state index in [-0.39, 0.29) is 17.7 Å². The molecule has 0 unspecified atom stereocenters. The van der Waals surface area contributed by atoms with Crippen molar-refractivity contribution in [2.45, 2.75) is 20.4 Å². The van der Waals surface area contributed by atoms with E-state index in [0.717, 1.165) is 36.1 Å². The Morgan fingerprint density at radius 1 is 1.04 bits per heavy atom. The summed E-state index contributed by atoms with van der Waals surface area (Å²) >= 11 is 13.0. The van der Waals surface area contributed by atoms with Crippen LogP contribution in [0.2, 0.25) is 10.0 Å². The van der Waals surface area contributed by atoms with E-state index in [9.17, 15) is 9.59 Å². The average Bonchev–Trinajstić information content (AvgIpc) is 2.93. The summed E-state index contributed by atoms with van der Waals surface area (Å²) in [6.45, 7) is 6.21. The molecule has 7 heteroatoms. The van der Waals surface area contributed by atoms with Gasteiger partial charge in [-0.3, -0.25) is 14.5 Å². The number of halogens is 2. The number of thioether (sulfide) groups is 1. The summed E-state index contributed by atoms with van der Waals surface area (Å²) in [6, 6.07) is 13.0. The lowest BCUT2D eigenvalue weighted by molar-refractivity contribution is -0.123. The molecule has 1 saturated heterocycles. The van der Waals surface area contributed by atoms with Crippen molar-refractivity contribution in [1.29, 1.82) is 0 Å². The van der Waals surface area contributed by atoms with Crippen LogP contribution in [0.1, 0.15) is 25.0 Å². The number of hydrogen-bond acceptors (Lipinski definition) is 4. The quantitative estimate of drug-likeness (QED) is 0.516. The van der Waals surface area contributed by atoms with Gasteiger partial charge < -0.3 is 4.90 Å². The van der Waals surface area contributed by atoms with E-state index < -0.39 is 0 Å². The van der Waals surface area contributed by atoms with Crippen molar-refractivity contribution >= 4 is 57.9 Å². The molecular formula is C21H20Cl2N2O2S. The summed E-state index contributed by atoms with van der Waals surface area (Å²) in [6.07, 6.45) is 1.75. The molecule has 0 radical (unpaired) electrons. The van der Waals surface area contributed by atoms with Crippen molar-refractivity contribution in [2.75, 3.05) is 18.0 Å². The summed E-state index contributed by atoms with van der Waals surface area (Å²) in [5.41, 5.74) is 2.69. The number of nitrogens with zero attached hydrogens (tertiary/aromatic N) is 2. The maximum atomic E-state index is 12.7. The van der Waals surface area contributed by atoms with Crippen molar-refractivity contribution in [2.24, 2.45) is 0 Å². The van der Waals surface area contributed by atoms with Gasteiger partial charge in [-0.1, -0.05) is 41.4 Å². The Morgan fingerprint density at radius 3 is 2.32 bits per heavy atom. The molecule has 0 N–H and O–H groups in total. The minimum absolute atomic E-state index is 0.124. The molecule has 0 atom stereocenters. The van der Waals surface area contributed by atoms with Gasteiger partial charge in [0.2, 0.25) is 0 Å². The van der Waals surface area contributed by atoms with Crippen molar-refractivity contribution < 1.29 is 9.59 Å². The number of imide groups is 1. The molecule has 28 heavy (non-hydrogen) atoms. The maximum absolute atomic E-state index is 12.7. The Labute approximate surface area is 179 Å². The van der Waals surface area contributed by atoms with E-state index in [1.54, 1.807) is 24.3 Å². The number of amides is 2. The molecule has 146 valence electrons. The fourth-order valence-corrected chi connectivity index (χ4v) is 4.28. The molecule has 0 bridgehead atoms. The van der Waals surface area contributed by atoms with Crippen LogP contribution in [-0.4, -0.2) is 29.1 Å². The summed E-state index contributed by atoms with van der Waals surface area (Å²) in [4.78, 5) is 28.9. The van der Waals surface area contributed by atoms with Gasteiger partial charge in [0.1, 0.15) is 0 Å². The van der Waals surface area contributed by atoms with E-state index in [1.165, 1.54) is 4.90 Å². The van der Waals surface area contributed by atoms with Gasteiger partial charge in [-0.25, -0.2) is 0 Å². The Morgan fingerprint density at radius 2 is 1.71 bits per heavy atom. The molecule has 1 aliphatic heterocycles. The van der Waals surface area contributed by atoms with Crippen LogP contribution in [0.3, 0.4) is 0 Å². The molecule has 2 amide bonds. The van der Waals surface area contributed by atoms with Crippen LogP contribution in [0.4, 0.5) is 10.5 Å². The SMILES string of the molecule is CCN(CC)c1ccc(/C=C2\SC(=O)N(Cc3ccc(Cl)cc3Cl)C2=O)cc1. The first-order chi connectivity index (χ1) is 13.4. The molecule has 1 heterocycles. The standard InChI is InChI=1S/C21H20Cl2N2O2S/c1-3-24(4-2)17-9-5-14(6-10-17)11-19-20(26)25(21(27)28-19)13-15-7-8-16(22)12-18(15)23/h5-12H,3-4,13H2,1-2H3/b19-11-. The zero-order valence-corrected chi connectivity index (χ0v) is 17.9. The molecule has 0 aromatic heterocycles. The lowest BCUT2D eigenvalue weighted by Gasteiger charge is -2.20. The maximum Gasteiger partial charge on any atom is 0.293 e. The van der Waals surface area contributed by atoms with Crippen molar-refractivity contribution in [1.82, 2.24) is 4.90 Å². The first-order valence-electron chi connectivity index (χ1n) is 8.97. The van der Waals surface area contributed by atoms with E-state index in [4.69, 9.17) is 23.2 Å². The van der Waals surface area contributed by atoms with E-state index in [1.807, 2.05) is 24.3 Å². The van der Waals surface area contributed by atoms with Gasteiger partial charge in [-0.15, -0.1) is 0 Å². The van der Waals surface area contributed by atoms with Crippen molar-refractivity contribution in [3.63, 3.8) is 0 Å². The fraction of sp³-hybridized carbons (Fsp3) is 0.238. The zero-order valence-electron chi connectivity index (χ0n) is 15.6.